The molecule has 1 aliphatic heterocycles. The summed E-state index contributed by atoms with van der Waals surface area (Å²) in [5.41, 5.74) is 2.32. The number of hydrogen-bond acceptors (Lipinski definition) is 1. The van der Waals surface area contributed by atoms with Crippen molar-refractivity contribution in [3.8, 4) is 0 Å². The summed E-state index contributed by atoms with van der Waals surface area (Å²) in [6.07, 6.45) is 0. The fourth-order valence-electron chi connectivity index (χ4n) is 2.49. The highest BCUT2D eigenvalue weighted by Gasteiger charge is 2.39. The highest BCUT2D eigenvalue weighted by molar-refractivity contribution is 6.30. The van der Waals surface area contributed by atoms with E-state index in [9.17, 15) is 4.79 Å². The smallest absolute Gasteiger partial charge is 0.252 e. The minimum atomic E-state index is -0.474. The van der Waals surface area contributed by atoms with E-state index in [1.165, 1.54) is 0 Å². The zero-order chi connectivity index (χ0) is 12.8. The highest BCUT2D eigenvalue weighted by atomic mass is 35.5. The lowest BCUT2D eigenvalue weighted by molar-refractivity contribution is 0.0945. The predicted molar refractivity (Wildman–Crippen MR) is 71.8 cm³/mol. The maximum atomic E-state index is 12.0. The van der Waals surface area contributed by atoms with E-state index in [-0.39, 0.29) is 5.91 Å². The first-order valence-electron chi connectivity index (χ1n) is 5.79. The molecule has 18 heavy (non-hydrogen) atoms. The summed E-state index contributed by atoms with van der Waals surface area (Å²) in [7, 11) is 0. The molecular formula is C15H12ClNO. The van der Waals surface area contributed by atoms with E-state index in [0.717, 1.165) is 16.7 Å². The van der Waals surface area contributed by atoms with Crippen LogP contribution in [0, 0.1) is 0 Å². The molecule has 0 aromatic heterocycles. The van der Waals surface area contributed by atoms with E-state index >= 15 is 0 Å². The first-order valence-corrected chi connectivity index (χ1v) is 6.17. The van der Waals surface area contributed by atoms with Crippen molar-refractivity contribution in [3.63, 3.8) is 0 Å². The van der Waals surface area contributed by atoms with Crippen molar-refractivity contribution in [3.05, 3.63) is 70.2 Å². The van der Waals surface area contributed by atoms with E-state index in [1.807, 2.05) is 55.5 Å². The van der Waals surface area contributed by atoms with Crippen LogP contribution in [0.5, 0.6) is 0 Å². The quantitative estimate of drug-likeness (QED) is 0.834. The third kappa shape index (κ3) is 1.53. The van der Waals surface area contributed by atoms with Gasteiger partial charge >= 0.3 is 0 Å². The van der Waals surface area contributed by atoms with Crippen molar-refractivity contribution in [2.24, 2.45) is 0 Å². The van der Waals surface area contributed by atoms with E-state index in [0.29, 0.717) is 5.02 Å². The molecule has 1 amide bonds. The topological polar surface area (TPSA) is 29.1 Å². The van der Waals surface area contributed by atoms with Crippen molar-refractivity contribution in [2.45, 2.75) is 12.5 Å². The second-order valence-corrected chi connectivity index (χ2v) is 5.07. The van der Waals surface area contributed by atoms with Gasteiger partial charge in [0.05, 0.1) is 5.54 Å². The monoisotopic (exact) mass is 257 g/mol. The Labute approximate surface area is 111 Å². The molecule has 1 N–H and O–H groups in total. The van der Waals surface area contributed by atoms with Crippen LogP contribution in [0.3, 0.4) is 0 Å². The molecule has 1 atom stereocenters. The summed E-state index contributed by atoms with van der Waals surface area (Å²) < 4.78 is 0. The van der Waals surface area contributed by atoms with Gasteiger partial charge < -0.3 is 5.32 Å². The van der Waals surface area contributed by atoms with Crippen LogP contribution in [0.4, 0.5) is 0 Å². The number of fused-ring (bicyclic) bond motifs is 1. The number of carbonyl (C=O) groups excluding carboxylic acids is 1. The van der Waals surface area contributed by atoms with Gasteiger partial charge in [-0.15, -0.1) is 0 Å². The van der Waals surface area contributed by atoms with E-state index in [2.05, 4.69) is 5.32 Å². The molecule has 0 saturated heterocycles. The van der Waals surface area contributed by atoms with Crippen LogP contribution >= 0.6 is 11.6 Å². The number of benzene rings is 2. The van der Waals surface area contributed by atoms with E-state index < -0.39 is 5.54 Å². The Morgan fingerprint density at radius 3 is 2.44 bits per heavy atom. The molecule has 0 radical (unpaired) electrons. The van der Waals surface area contributed by atoms with Crippen molar-refractivity contribution in [1.82, 2.24) is 5.32 Å². The van der Waals surface area contributed by atoms with Crippen molar-refractivity contribution in [2.75, 3.05) is 0 Å². The van der Waals surface area contributed by atoms with E-state index in [4.69, 9.17) is 11.6 Å². The SMILES string of the molecule is C[C@]1(c2ccc(Cl)cc2)NC(=O)c2ccccc21. The lowest BCUT2D eigenvalue weighted by Crippen LogP contribution is -2.37. The molecule has 0 bridgehead atoms. The third-order valence-electron chi connectivity index (χ3n) is 3.50. The van der Waals surface area contributed by atoms with Gasteiger partial charge in [0.2, 0.25) is 0 Å². The number of rotatable bonds is 1. The van der Waals surface area contributed by atoms with Gasteiger partial charge in [0, 0.05) is 10.6 Å². The van der Waals surface area contributed by atoms with Crippen molar-refractivity contribution >= 4 is 17.5 Å². The number of halogens is 1. The highest BCUT2D eigenvalue weighted by Crippen LogP contribution is 2.36. The third-order valence-corrected chi connectivity index (χ3v) is 3.75. The first kappa shape index (κ1) is 11.3. The zero-order valence-corrected chi connectivity index (χ0v) is 10.7. The molecule has 90 valence electrons. The summed E-state index contributed by atoms with van der Waals surface area (Å²) in [5, 5.41) is 3.74. The number of carbonyl (C=O) groups is 1. The molecular weight excluding hydrogens is 246 g/mol. The largest absolute Gasteiger partial charge is 0.339 e. The Hall–Kier alpha value is -1.80. The molecule has 2 aromatic carbocycles. The fraction of sp³-hybridized carbons (Fsp3) is 0.133. The van der Waals surface area contributed by atoms with Gasteiger partial charge in [-0.2, -0.15) is 0 Å². The Morgan fingerprint density at radius 1 is 1.06 bits per heavy atom. The van der Waals surface area contributed by atoms with Crippen LogP contribution in [0.25, 0.3) is 0 Å². The average molecular weight is 258 g/mol. The predicted octanol–water partition coefficient (Wildman–Crippen LogP) is 3.35. The summed E-state index contributed by atoms with van der Waals surface area (Å²) in [6.45, 7) is 2.01. The molecule has 3 rings (SSSR count). The zero-order valence-electron chi connectivity index (χ0n) is 9.91. The normalized spacial score (nSPS) is 21.6. The fourth-order valence-corrected chi connectivity index (χ4v) is 2.62. The Balaban J connectivity index is 2.17. The van der Waals surface area contributed by atoms with Crippen LogP contribution in [-0.2, 0) is 5.54 Å². The standard InChI is InChI=1S/C15H12ClNO/c1-15(10-6-8-11(16)9-7-10)13-5-3-2-4-12(13)14(18)17-15/h2-9H,1H3,(H,17,18)/t15-/m1/s1. The van der Waals surface area contributed by atoms with Crippen molar-refractivity contribution < 1.29 is 4.79 Å². The molecule has 0 fully saturated rings. The molecule has 0 aliphatic carbocycles. The second kappa shape index (κ2) is 3.85. The Bertz CT molecular complexity index is 621. The summed E-state index contributed by atoms with van der Waals surface area (Å²) >= 11 is 5.91. The molecule has 2 aromatic rings. The van der Waals surface area contributed by atoms with Gasteiger partial charge in [-0.1, -0.05) is 41.9 Å². The Kier molecular flexibility index (Phi) is 2.42. The van der Waals surface area contributed by atoms with Gasteiger partial charge in [0.25, 0.3) is 5.91 Å². The summed E-state index contributed by atoms with van der Waals surface area (Å²) in [6, 6.07) is 15.3. The maximum absolute atomic E-state index is 12.0. The molecule has 2 nitrogen and oxygen atoms in total. The first-order chi connectivity index (χ1) is 8.61. The summed E-state index contributed by atoms with van der Waals surface area (Å²) in [5.74, 6) is -0.0250. The van der Waals surface area contributed by atoms with Crippen molar-refractivity contribution in [1.29, 1.82) is 0 Å². The molecule has 1 heterocycles. The number of amides is 1. The van der Waals surface area contributed by atoms with Gasteiger partial charge in [0.15, 0.2) is 0 Å². The van der Waals surface area contributed by atoms with E-state index in [1.54, 1.807) is 0 Å². The van der Waals surface area contributed by atoms with Gasteiger partial charge in [-0.3, -0.25) is 4.79 Å². The van der Waals surface area contributed by atoms with Crippen LogP contribution in [0.2, 0.25) is 5.02 Å². The maximum Gasteiger partial charge on any atom is 0.252 e. The summed E-state index contributed by atoms with van der Waals surface area (Å²) in [4.78, 5) is 12.0. The molecule has 0 saturated carbocycles. The molecule has 0 spiro atoms. The minimum absolute atomic E-state index is 0.0250. The second-order valence-electron chi connectivity index (χ2n) is 4.63. The molecule has 0 unspecified atom stereocenters. The van der Waals surface area contributed by atoms with Crippen LogP contribution in [-0.4, -0.2) is 5.91 Å². The van der Waals surface area contributed by atoms with Crippen LogP contribution < -0.4 is 5.32 Å². The number of hydrogen-bond donors (Lipinski definition) is 1. The van der Waals surface area contributed by atoms with Gasteiger partial charge in [-0.05, 0) is 36.2 Å². The van der Waals surface area contributed by atoms with Crippen LogP contribution in [0.15, 0.2) is 48.5 Å². The Morgan fingerprint density at radius 2 is 1.72 bits per heavy atom. The lowest BCUT2D eigenvalue weighted by Gasteiger charge is -2.26. The molecule has 3 heteroatoms. The number of nitrogens with one attached hydrogen (secondary N) is 1. The van der Waals surface area contributed by atoms with Gasteiger partial charge in [-0.25, -0.2) is 0 Å². The minimum Gasteiger partial charge on any atom is -0.339 e. The van der Waals surface area contributed by atoms with Crippen LogP contribution in [0.1, 0.15) is 28.4 Å². The lowest BCUT2D eigenvalue weighted by atomic mass is 9.85. The molecule has 1 aliphatic rings. The average Bonchev–Trinajstić information content (AvgIpc) is 2.64. The van der Waals surface area contributed by atoms with Gasteiger partial charge in [0.1, 0.15) is 0 Å².